The number of carboxylic acid groups (broad SMARTS) is 1. The molecule has 0 spiro atoms. The van der Waals surface area contributed by atoms with Gasteiger partial charge in [-0.05, 0) is 82.9 Å². The van der Waals surface area contributed by atoms with Crippen molar-refractivity contribution in [2.75, 3.05) is 4.72 Å². The number of hydrogen-bond donors (Lipinski definition) is 2. The molecule has 0 amide bonds. The summed E-state index contributed by atoms with van der Waals surface area (Å²) in [6.45, 7) is 0. The molecular formula is C28H19F4NO4S. The second kappa shape index (κ2) is 10.5. The van der Waals surface area contributed by atoms with E-state index in [-0.39, 0.29) is 16.1 Å². The van der Waals surface area contributed by atoms with E-state index in [1.54, 1.807) is 48.6 Å². The van der Waals surface area contributed by atoms with Gasteiger partial charge in [0.2, 0.25) is 0 Å². The zero-order valence-electron chi connectivity index (χ0n) is 19.4. The number of nitrogens with one attached hydrogen (secondary N) is 1. The number of alkyl halides is 3. The number of hydrogen-bond acceptors (Lipinski definition) is 3. The Morgan fingerprint density at radius 3 is 2.11 bits per heavy atom. The lowest BCUT2D eigenvalue weighted by molar-refractivity contribution is -0.137. The Bertz CT molecular complexity index is 1610. The van der Waals surface area contributed by atoms with Crippen LogP contribution in [0.5, 0.6) is 0 Å². The minimum atomic E-state index is -4.59. The van der Waals surface area contributed by atoms with Crippen LogP contribution in [0.3, 0.4) is 0 Å². The monoisotopic (exact) mass is 541 g/mol. The molecule has 0 radical (unpaired) electrons. The Morgan fingerprint density at radius 1 is 0.816 bits per heavy atom. The molecule has 0 saturated heterocycles. The summed E-state index contributed by atoms with van der Waals surface area (Å²) >= 11 is 0. The van der Waals surface area contributed by atoms with Gasteiger partial charge in [-0.3, -0.25) is 4.72 Å². The van der Waals surface area contributed by atoms with Crippen molar-refractivity contribution >= 4 is 33.8 Å². The summed E-state index contributed by atoms with van der Waals surface area (Å²) in [7, 11) is -4.16. The molecule has 0 atom stereocenters. The van der Waals surface area contributed by atoms with E-state index in [4.69, 9.17) is 0 Å². The molecule has 0 unspecified atom stereocenters. The number of benzene rings is 4. The Kier molecular flexibility index (Phi) is 7.36. The molecule has 0 bridgehead atoms. The van der Waals surface area contributed by atoms with Gasteiger partial charge in [0.05, 0.1) is 16.0 Å². The molecule has 38 heavy (non-hydrogen) atoms. The van der Waals surface area contributed by atoms with Gasteiger partial charge in [-0.1, -0.05) is 42.5 Å². The first-order chi connectivity index (χ1) is 17.9. The van der Waals surface area contributed by atoms with Gasteiger partial charge in [-0.25, -0.2) is 17.6 Å². The fourth-order valence-corrected chi connectivity index (χ4v) is 4.70. The summed E-state index contributed by atoms with van der Waals surface area (Å²) in [5.74, 6) is -1.54. The van der Waals surface area contributed by atoms with E-state index in [9.17, 15) is 35.9 Å². The van der Waals surface area contributed by atoms with Crippen molar-refractivity contribution in [3.05, 3.63) is 119 Å². The molecule has 0 aliphatic heterocycles. The number of sulfonamides is 1. The predicted octanol–water partition coefficient (Wildman–Crippen LogP) is 7.18. The standard InChI is InChI=1S/C28H19F4NO4S/c29-23-11-6-19(7-12-23)20-8-15-26(27(34)35)21(17-20)5-4-18-2-1-3-24(16-18)33-38(36,37)25-13-9-22(10-14-25)28(30,31)32/h1-17,33H,(H,34,35)/b5-4+. The van der Waals surface area contributed by atoms with Gasteiger partial charge in [0.1, 0.15) is 5.82 Å². The van der Waals surface area contributed by atoms with Gasteiger partial charge in [-0.15, -0.1) is 0 Å². The van der Waals surface area contributed by atoms with Crippen molar-refractivity contribution in [3.8, 4) is 11.1 Å². The van der Waals surface area contributed by atoms with Crippen LogP contribution < -0.4 is 4.72 Å². The van der Waals surface area contributed by atoms with Crippen molar-refractivity contribution in [3.63, 3.8) is 0 Å². The van der Waals surface area contributed by atoms with Crippen molar-refractivity contribution in [1.82, 2.24) is 0 Å². The molecule has 194 valence electrons. The molecule has 0 aliphatic carbocycles. The average Bonchev–Trinajstić information content (AvgIpc) is 2.87. The first-order valence-corrected chi connectivity index (χ1v) is 12.5. The maximum Gasteiger partial charge on any atom is 0.416 e. The lowest BCUT2D eigenvalue weighted by atomic mass is 9.98. The van der Waals surface area contributed by atoms with E-state index in [1.165, 1.54) is 30.3 Å². The van der Waals surface area contributed by atoms with Crippen LogP contribution in [0.4, 0.5) is 23.2 Å². The Hall–Kier alpha value is -4.44. The van der Waals surface area contributed by atoms with Gasteiger partial charge in [0, 0.05) is 5.69 Å². The van der Waals surface area contributed by atoms with Crippen molar-refractivity contribution in [2.45, 2.75) is 11.1 Å². The zero-order valence-corrected chi connectivity index (χ0v) is 20.2. The maximum absolute atomic E-state index is 13.3. The highest BCUT2D eigenvalue weighted by atomic mass is 32.2. The molecular weight excluding hydrogens is 522 g/mol. The van der Waals surface area contributed by atoms with E-state index in [1.807, 2.05) is 0 Å². The van der Waals surface area contributed by atoms with Gasteiger partial charge < -0.3 is 5.11 Å². The van der Waals surface area contributed by atoms with E-state index in [0.717, 1.165) is 12.1 Å². The Balaban J connectivity index is 1.59. The third-order valence-corrected chi connectivity index (χ3v) is 6.94. The second-order valence-corrected chi connectivity index (χ2v) is 9.88. The molecule has 0 fully saturated rings. The predicted molar refractivity (Wildman–Crippen MR) is 136 cm³/mol. The lowest BCUT2D eigenvalue weighted by Gasteiger charge is -2.11. The molecule has 0 aromatic heterocycles. The van der Waals surface area contributed by atoms with E-state index >= 15 is 0 Å². The number of aromatic carboxylic acids is 1. The van der Waals surface area contributed by atoms with Gasteiger partial charge in [-0.2, -0.15) is 13.2 Å². The number of carboxylic acids is 1. The molecule has 0 aliphatic rings. The maximum atomic E-state index is 13.3. The summed E-state index contributed by atoms with van der Waals surface area (Å²) in [6, 6.07) is 19.8. The second-order valence-electron chi connectivity index (χ2n) is 8.20. The van der Waals surface area contributed by atoms with Gasteiger partial charge in [0.15, 0.2) is 0 Å². The van der Waals surface area contributed by atoms with Gasteiger partial charge >= 0.3 is 12.1 Å². The largest absolute Gasteiger partial charge is 0.478 e. The summed E-state index contributed by atoms with van der Waals surface area (Å²) < 4.78 is 79.3. The molecule has 0 saturated carbocycles. The summed E-state index contributed by atoms with van der Waals surface area (Å²) in [4.78, 5) is 11.4. The van der Waals surface area contributed by atoms with Crippen molar-refractivity contribution in [2.24, 2.45) is 0 Å². The highest BCUT2D eigenvalue weighted by Crippen LogP contribution is 2.30. The fraction of sp³-hybridized carbons (Fsp3) is 0.0357. The van der Waals surface area contributed by atoms with Crippen LogP contribution in [0.1, 0.15) is 27.0 Å². The first-order valence-electron chi connectivity index (χ1n) is 11.0. The smallest absolute Gasteiger partial charge is 0.416 e. The lowest BCUT2D eigenvalue weighted by Crippen LogP contribution is -2.13. The average molecular weight is 542 g/mol. The summed E-state index contributed by atoms with van der Waals surface area (Å²) in [5.41, 5.74) is 1.49. The molecule has 4 aromatic carbocycles. The Morgan fingerprint density at radius 2 is 1.47 bits per heavy atom. The summed E-state index contributed by atoms with van der Waals surface area (Å²) in [5, 5.41) is 9.58. The van der Waals surface area contributed by atoms with E-state index in [2.05, 4.69) is 4.72 Å². The summed E-state index contributed by atoms with van der Waals surface area (Å²) in [6.07, 6.45) is -1.44. The van der Waals surface area contributed by atoms with Crippen LogP contribution in [0.2, 0.25) is 0 Å². The molecule has 10 heteroatoms. The topological polar surface area (TPSA) is 83.5 Å². The van der Waals surface area contributed by atoms with Crippen LogP contribution in [0.25, 0.3) is 23.3 Å². The number of anilines is 1. The molecule has 4 rings (SSSR count). The van der Waals surface area contributed by atoms with Crippen LogP contribution in [-0.4, -0.2) is 19.5 Å². The van der Waals surface area contributed by atoms with Gasteiger partial charge in [0.25, 0.3) is 10.0 Å². The molecule has 5 nitrogen and oxygen atoms in total. The number of carbonyl (C=O) groups is 1. The minimum Gasteiger partial charge on any atom is -0.478 e. The van der Waals surface area contributed by atoms with Crippen molar-refractivity contribution in [1.29, 1.82) is 0 Å². The van der Waals surface area contributed by atoms with Crippen molar-refractivity contribution < 1.29 is 35.9 Å². The van der Waals surface area contributed by atoms with Crippen LogP contribution in [0, 0.1) is 5.82 Å². The molecule has 4 aromatic rings. The SMILES string of the molecule is O=C(O)c1ccc(-c2ccc(F)cc2)cc1/C=C/c1cccc(NS(=O)(=O)c2ccc(C(F)(F)F)cc2)c1. The van der Waals surface area contributed by atoms with Crippen LogP contribution in [-0.2, 0) is 16.2 Å². The first kappa shape index (κ1) is 26.6. The normalized spacial score (nSPS) is 12.0. The third-order valence-electron chi connectivity index (χ3n) is 5.55. The van der Waals surface area contributed by atoms with Crippen LogP contribution >= 0.6 is 0 Å². The highest BCUT2D eigenvalue weighted by molar-refractivity contribution is 7.92. The zero-order chi connectivity index (χ0) is 27.5. The fourth-order valence-electron chi connectivity index (χ4n) is 3.65. The molecule has 2 N–H and O–H groups in total. The Labute approximate surface area is 215 Å². The highest BCUT2D eigenvalue weighted by Gasteiger charge is 2.30. The molecule has 0 heterocycles. The minimum absolute atomic E-state index is 0.0336. The number of rotatable bonds is 7. The third kappa shape index (κ3) is 6.27. The number of halogens is 4. The van der Waals surface area contributed by atoms with Crippen LogP contribution in [0.15, 0.2) is 95.9 Å². The quantitative estimate of drug-likeness (QED) is 0.192. The van der Waals surface area contributed by atoms with E-state index in [0.29, 0.717) is 34.4 Å². The van der Waals surface area contributed by atoms with E-state index < -0.39 is 33.5 Å².